The molecule has 0 radical (unpaired) electrons. The van der Waals surface area contributed by atoms with Crippen molar-refractivity contribution in [1.82, 2.24) is 10.2 Å². The van der Waals surface area contributed by atoms with E-state index in [-0.39, 0.29) is 18.2 Å². The number of likely N-dealkylation sites (tertiary alicyclic amines) is 1. The third-order valence-corrected chi connectivity index (χ3v) is 3.86. The molecule has 0 atom stereocenters. The van der Waals surface area contributed by atoms with Crippen molar-refractivity contribution in [2.45, 2.75) is 38.6 Å². The van der Waals surface area contributed by atoms with E-state index >= 15 is 0 Å². The molecule has 1 aromatic carbocycles. The van der Waals surface area contributed by atoms with Crippen LogP contribution in [0, 0.1) is 0 Å². The van der Waals surface area contributed by atoms with E-state index in [2.05, 4.69) is 5.32 Å². The number of nitrogens with zero attached hydrogens (tertiary/aromatic N) is 1. The lowest BCUT2D eigenvalue weighted by Gasteiger charge is -2.15. The minimum atomic E-state index is -0.816. The maximum Gasteiger partial charge on any atom is 0.303 e. The molecular weight excluding hydrogens is 296 g/mol. The first-order valence-electron chi connectivity index (χ1n) is 7.93. The molecule has 0 aliphatic carbocycles. The number of carboxylic acids is 1. The molecule has 2 amide bonds. The second-order valence-electron chi connectivity index (χ2n) is 5.72. The van der Waals surface area contributed by atoms with Gasteiger partial charge in [-0.2, -0.15) is 0 Å². The molecule has 124 valence electrons. The molecule has 2 rings (SSSR count). The van der Waals surface area contributed by atoms with Gasteiger partial charge >= 0.3 is 5.97 Å². The number of carbonyl (C=O) groups is 3. The van der Waals surface area contributed by atoms with Gasteiger partial charge in [0.15, 0.2) is 0 Å². The molecule has 0 spiro atoms. The van der Waals surface area contributed by atoms with Crippen LogP contribution < -0.4 is 5.32 Å². The number of nitrogens with one attached hydrogen (secondary N) is 1. The summed E-state index contributed by atoms with van der Waals surface area (Å²) in [5, 5.41) is 11.3. The minimum absolute atomic E-state index is 0.125. The zero-order valence-electron chi connectivity index (χ0n) is 13.1. The summed E-state index contributed by atoms with van der Waals surface area (Å²) in [7, 11) is 0. The van der Waals surface area contributed by atoms with Crippen molar-refractivity contribution in [1.29, 1.82) is 0 Å². The van der Waals surface area contributed by atoms with Crippen LogP contribution in [0.25, 0.3) is 0 Å². The highest BCUT2D eigenvalue weighted by molar-refractivity contribution is 5.94. The van der Waals surface area contributed by atoms with Crippen molar-refractivity contribution in [3.63, 3.8) is 0 Å². The van der Waals surface area contributed by atoms with E-state index < -0.39 is 5.97 Å². The smallest absolute Gasteiger partial charge is 0.303 e. The van der Waals surface area contributed by atoms with Gasteiger partial charge in [0.1, 0.15) is 0 Å². The molecular formula is C17H22N2O4. The van der Waals surface area contributed by atoms with E-state index in [9.17, 15) is 14.4 Å². The number of aliphatic carboxylic acids is 1. The van der Waals surface area contributed by atoms with Crippen molar-refractivity contribution in [2.75, 3.05) is 13.1 Å². The fraction of sp³-hybridized carbons (Fsp3) is 0.471. The van der Waals surface area contributed by atoms with Crippen molar-refractivity contribution in [3.05, 3.63) is 35.4 Å². The second kappa shape index (κ2) is 8.31. The summed E-state index contributed by atoms with van der Waals surface area (Å²) in [4.78, 5) is 35.8. The summed E-state index contributed by atoms with van der Waals surface area (Å²) in [6, 6.07) is 7.24. The highest BCUT2D eigenvalue weighted by atomic mass is 16.4. The Hall–Kier alpha value is -2.37. The van der Waals surface area contributed by atoms with Gasteiger partial charge in [0, 0.05) is 38.0 Å². The molecule has 1 aliphatic heterocycles. The lowest BCUT2D eigenvalue weighted by atomic mass is 10.1. The summed E-state index contributed by atoms with van der Waals surface area (Å²) < 4.78 is 0. The summed E-state index contributed by atoms with van der Waals surface area (Å²) in [5.41, 5.74) is 1.58. The van der Waals surface area contributed by atoms with Crippen LogP contribution in [-0.2, 0) is 16.1 Å². The molecule has 6 heteroatoms. The van der Waals surface area contributed by atoms with Gasteiger partial charge in [-0.15, -0.1) is 0 Å². The Kier molecular flexibility index (Phi) is 6.14. The Morgan fingerprint density at radius 2 is 1.91 bits per heavy atom. The van der Waals surface area contributed by atoms with Crippen LogP contribution in [-0.4, -0.2) is 40.9 Å². The standard InChI is InChI=1S/C17H22N2O4/c20-15-4-3-11-19(15)12-13-6-8-14(9-7-13)17(23)18-10-2-1-5-16(21)22/h6-9H,1-5,10-12H2,(H,18,23)(H,21,22). The number of benzene rings is 1. The summed E-state index contributed by atoms with van der Waals surface area (Å²) in [6.45, 7) is 1.86. The maximum atomic E-state index is 12.0. The van der Waals surface area contributed by atoms with Crippen LogP contribution >= 0.6 is 0 Å². The number of rotatable bonds is 8. The van der Waals surface area contributed by atoms with E-state index in [0.29, 0.717) is 37.9 Å². The van der Waals surface area contributed by atoms with Crippen molar-refractivity contribution in [2.24, 2.45) is 0 Å². The van der Waals surface area contributed by atoms with Gasteiger partial charge in [0.2, 0.25) is 5.91 Å². The SMILES string of the molecule is O=C(O)CCCCNC(=O)c1ccc(CN2CCCC2=O)cc1. The molecule has 1 aromatic rings. The Balaban J connectivity index is 1.76. The first kappa shape index (κ1) is 17.0. The van der Waals surface area contributed by atoms with Crippen molar-refractivity contribution < 1.29 is 19.5 Å². The monoisotopic (exact) mass is 318 g/mol. The minimum Gasteiger partial charge on any atom is -0.481 e. The van der Waals surface area contributed by atoms with E-state index in [1.165, 1.54) is 0 Å². The third kappa shape index (κ3) is 5.39. The molecule has 0 unspecified atom stereocenters. The number of carboxylic acid groups (broad SMARTS) is 1. The molecule has 1 heterocycles. The molecule has 23 heavy (non-hydrogen) atoms. The van der Waals surface area contributed by atoms with E-state index in [0.717, 1.165) is 18.5 Å². The fourth-order valence-electron chi connectivity index (χ4n) is 2.56. The number of unbranched alkanes of at least 4 members (excludes halogenated alkanes) is 1. The van der Waals surface area contributed by atoms with Crippen LogP contribution in [0.3, 0.4) is 0 Å². The number of carbonyl (C=O) groups excluding carboxylic acids is 2. The lowest BCUT2D eigenvalue weighted by molar-refractivity contribution is -0.137. The molecule has 6 nitrogen and oxygen atoms in total. The normalized spacial score (nSPS) is 14.1. The first-order valence-corrected chi connectivity index (χ1v) is 7.93. The Morgan fingerprint density at radius 3 is 2.52 bits per heavy atom. The van der Waals surface area contributed by atoms with Gasteiger partial charge in [-0.05, 0) is 37.0 Å². The van der Waals surface area contributed by atoms with Crippen LogP contribution in [0.2, 0.25) is 0 Å². The number of amides is 2. The van der Waals surface area contributed by atoms with Crippen LogP contribution in [0.5, 0.6) is 0 Å². The molecule has 1 saturated heterocycles. The van der Waals surface area contributed by atoms with Crippen LogP contribution in [0.15, 0.2) is 24.3 Å². The fourth-order valence-corrected chi connectivity index (χ4v) is 2.56. The summed E-state index contributed by atoms with van der Waals surface area (Å²) in [6.07, 6.45) is 2.87. The van der Waals surface area contributed by atoms with E-state index in [1.54, 1.807) is 12.1 Å². The highest BCUT2D eigenvalue weighted by Gasteiger charge is 2.19. The van der Waals surface area contributed by atoms with Gasteiger partial charge in [0.25, 0.3) is 5.91 Å². The Labute approximate surface area is 135 Å². The van der Waals surface area contributed by atoms with Gasteiger partial charge in [-0.3, -0.25) is 14.4 Å². The van der Waals surface area contributed by atoms with Gasteiger partial charge in [-0.1, -0.05) is 12.1 Å². The molecule has 0 aromatic heterocycles. The van der Waals surface area contributed by atoms with Crippen LogP contribution in [0.1, 0.15) is 48.0 Å². The van der Waals surface area contributed by atoms with Crippen molar-refractivity contribution in [3.8, 4) is 0 Å². The average Bonchev–Trinajstić information content (AvgIpc) is 2.92. The number of hydrogen-bond donors (Lipinski definition) is 2. The summed E-state index contributed by atoms with van der Waals surface area (Å²) in [5.74, 6) is -0.791. The van der Waals surface area contributed by atoms with Gasteiger partial charge in [-0.25, -0.2) is 0 Å². The molecule has 2 N–H and O–H groups in total. The predicted octanol–water partition coefficient (Wildman–Crippen LogP) is 1.79. The Morgan fingerprint density at radius 1 is 1.17 bits per heavy atom. The van der Waals surface area contributed by atoms with Crippen molar-refractivity contribution >= 4 is 17.8 Å². The Bertz CT molecular complexity index is 568. The third-order valence-electron chi connectivity index (χ3n) is 3.86. The highest BCUT2D eigenvalue weighted by Crippen LogP contribution is 2.14. The van der Waals surface area contributed by atoms with Gasteiger partial charge in [0.05, 0.1) is 0 Å². The molecule has 1 aliphatic rings. The van der Waals surface area contributed by atoms with E-state index in [1.807, 2.05) is 17.0 Å². The van der Waals surface area contributed by atoms with Gasteiger partial charge < -0.3 is 15.3 Å². The average molecular weight is 318 g/mol. The first-order chi connectivity index (χ1) is 11.1. The van der Waals surface area contributed by atoms with E-state index in [4.69, 9.17) is 5.11 Å². The quantitative estimate of drug-likeness (QED) is 0.716. The summed E-state index contributed by atoms with van der Waals surface area (Å²) >= 11 is 0. The molecule has 0 bridgehead atoms. The molecule has 1 fully saturated rings. The van der Waals surface area contributed by atoms with Crippen LogP contribution in [0.4, 0.5) is 0 Å². The molecule has 0 saturated carbocycles. The predicted molar refractivity (Wildman–Crippen MR) is 84.9 cm³/mol. The largest absolute Gasteiger partial charge is 0.481 e. The second-order valence-corrected chi connectivity index (χ2v) is 5.72. The number of hydrogen-bond acceptors (Lipinski definition) is 3. The zero-order valence-corrected chi connectivity index (χ0v) is 13.1. The maximum absolute atomic E-state index is 12.0. The lowest BCUT2D eigenvalue weighted by Crippen LogP contribution is -2.25. The zero-order chi connectivity index (χ0) is 16.7. The topological polar surface area (TPSA) is 86.7 Å².